The van der Waals surface area contributed by atoms with Gasteiger partial charge in [0.25, 0.3) is 0 Å². The molecule has 0 spiro atoms. The Balaban J connectivity index is 2.79. The molecule has 0 saturated carbocycles. The Kier molecular flexibility index (Phi) is 2.51. The molecule has 5 nitrogen and oxygen atoms in total. The van der Waals surface area contributed by atoms with E-state index in [2.05, 4.69) is 9.97 Å². The molecular weight excluding hydrogens is 216 g/mol. The molecule has 15 heavy (non-hydrogen) atoms. The standard InChI is InChI=1S/C9H6N2O3S/c1-15-9-10-3-5-2-6(4-12)14-8(13)7(5)11-9/h2-4H,1H3. The zero-order chi connectivity index (χ0) is 10.8. The number of carbonyl (C=O) groups is 1. The van der Waals surface area contributed by atoms with Crippen molar-refractivity contribution in [3.63, 3.8) is 0 Å². The smallest absolute Gasteiger partial charge is 0.363 e. The molecule has 2 aromatic heterocycles. The molecule has 2 rings (SSSR count). The van der Waals surface area contributed by atoms with Gasteiger partial charge in [-0.1, -0.05) is 11.8 Å². The first-order valence-corrected chi connectivity index (χ1v) is 5.27. The predicted molar refractivity (Wildman–Crippen MR) is 55.2 cm³/mol. The lowest BCUT2D eigenvalue weighted by Crippen LogP contribution is -2.05. The first-order valence-electron chi connectivity index (χ1n) is 4.04. The van der Waals surface area contributed by atoms with Gasteiger partial charge in [-0.25, -0.2) is 14.8 Å². The van der Waals surface area contributed by atoms with Crippen LogP contribution in [0.4, 0.5) is 0 Å². The minimum Gasteiger partial charge on any atom is -0.418 e. The van der Waals surface area contributed by atoms with Crippen LogP contribution < -0.4 is 5.63 Å². The monoisotopic (exact) mass is 222 g/mol. The van der Waals surface area contributed by atoms with Crippen molar-refractivity contribution < 1.29 is 9.21 Å². The summed E-state index contributed by atoms with van der Waals surface area (Å²) in [6.45, 7) is 0. The van der Waals surface area contributed by atoms with Crippen molar-refractivity contribution in [2.45, 2.75) is 5.16 Å². The number of hydrogen-bond acceptors (Lipinski definition) is 6. The van der Waals surface area contributed by atoms with Crippen LogP contribution in [0.2, 0.25) is 0 Å². The highest BCUT2D eigenvalue weighted by Gasteiger charge is 2.06. The third-order valence-corrected chi connectivity index (χ3v) is 2.36. The van der Waals surface area contributed by atoms with Crippen LogP contribution >= 0.6 is 11.8 Å². The van der Waals surface area contributed by atoms with E-state index in [9.17, 15) is 9.59 Å². The summed E-state index contributed by atoms with van der Waals surface area (Å²) in [6.07, 6.45) is 3.78. The molecule has 0 fully saturated rings. The van der Waals surface area contributed by atoms with E-state index in [0.717, 1.165) is 0 Å². The van der Waals surface area contributed by atoms with Crippen LogP contribution in [-0.2, 0) is 0 Å². The van der Waals surface area contributed by atoms with Crippen LogP contribution in [0.1, 0.15) is 10.6 Å². The lowest BCUT2D eigenvalue weighted by Gasteiger charge is -1.97. The van der Waals surface area contributed by atoms with E-state index in [4.69, 9.17) is 4.42 Å². The molecule has 0 amide bonds. The zero-order valence-corrected chi connectivity index (χ0v) is 8.58. The lowest BCUT2D eigenvalue weighted by atomic mass is 10.3. The molecule has 0 aliphatic rings. The maximum absolute atomic E-state index is 11.4. The molecule has 0 aliphatic heterocycles. The number of aldehydes is 1. The highest BCUT2D eigenvalue weighted by molar-refractivity contribution is 7.98. The predicted octanol–water partition coefficient (Wildman–Crippen LogP) is 1.12. The topological polar surface area (TPSA) is 73.1 Å². The van der Waals surface area contributed by atoms with Crippen molar-refractivity contribution in [1.82, 2.24) is 9.97 Å². The highest BCUT2D eigenvalue weighted by Crippen LogP contribution is 2.13. The fourth-order valence-corrected chi connectivity index (χ4v) is 1.48. The molecule has 2 heterocycles. The second-order valence-electron chi connectivity index (χ2n) is 2.71. The lowest BCUT2D eigenvalue weighted by molar-refractivity contribution is 0.109. The summed E-state index contributed by atoms with van der Waals surface area (Å²) < 4.78 is 4.72. The minimum atomic E-state index is -0.618. The molecule has 0 N–H and O–H groups in total. The molecule has 0 saturated heterocycles. The van der Waals surface area contributed by atoms with Crippen LogP contribution in [0, 0.1) is 0 Å². The normalized spacial score (nSPS) is 10.5. The minimum absolute atomic E-state index is 0.0204. The quantitative estimate of drug-likeness (QED) is 0.430. The average molecular weight is 222 g/mol. The van der Waals surface area contributed by atoms with Crippen LogP contribution in [0.3, 0.4) is 0 Å². The summed E-state index contributed by atoms with van der Waals surface area (Å²) >= 11 is 1.33. The van der Waals surface area contributed by atoms with E-state index in [1.807, 2.05) is 6.26 Å². The van der Waals surface area contributed by atoms with Gasteiger partial charge in [0.1, 0.15) is 0 Å². The van der Waals surface area contributed by atoms with Crippen molar-refractivity contribution in [2.24, 2.45) is 0 Å². The molecule has 0 atom stereocenters. The fourth-order valence-electron chi connectivity index (χ4n) is 1.14. The van der Waals surface area contributed by atoms with Crippen molar-refractivity contribution in [3.8, 4) is 0 Å². The van der Waals surface area contributed by atoms with E-state index in [0.29, 0.717) is 16.8 Å². The molecule has 0 aliphatic carbocycles. The van der Waals surface area contributed by atoms with Gasteiger partial charge < -0.3 is 4.42 Å². The molecule has 0 bridgehead atoms. The Morgan fingerprint density at radius 1 is 1.53 bits per heavy atom. The maximum Gasteiger partial charge on any atom is 0.363 e. The van der Waals surface area contributed by atoms with Gasteiger partial charge in [0.05, 0.1) is 0 Å². The Hall–Kier alpha value is -1.69. The summed E-state index contributed by atoms with van der Waals surface area (Å²) in [5.41, 5.74) is -0.424. The van der Waals surface area contributed by atoms with Gasteiger partial charge in [-0.3, -0.25) is 4.79 Å². The SMILES string of the molecule is CSc1ncc2cc(C=O)oc(=O)c2n1. The number of aromatic nitrogens is 2. The fraction of sp³-hybridized carbons (Fsp3) is 0.111. The Bertz CT molecular complexity index is 579. The molecule has 6 heteroatoms. The van der Waals surface area contributed by atoms with E-state index < -0.39 is 5.63 Å². The summed E-state index contributed by atoms with van der Waals surface area (Å²) in [5.74, 6) is -0.0204. The first kappa shape index (κ1) is 9.85. The maximum atomic E-state index is 11.4. The average Bonchev–Trinajstić information content (AvgIpc) is 2.28. The van der Waals surface area contributed by atoms with Crippen molar-refractivity contribution >= 4 is 29.0 Å². The van der Waals surface area contributed by atoms with Crippen LogP contribution in [-0.4, -0.2) is 22.5 Å². The second kappa shape index (κ2) is 3.82. The van der Waals surface area contributed by atoms with Gasteiger partial charge in [0, 0.05) is 11.6 Å². The molecular formula is C9H6N2O3S. The third kappa shape index (κ3) is 1.75. The van der Waals surface area contributed by atoms with Crippen molar-refractivity contribution in [3.05, 3.63) is 28.4 Å². The number of nitrogens with zero attached hydrogens (tertiary/aromatic N) is 2. The van der Waals surface area contributed by atoms with Crippen LogP contribution in [0.15, 0.2) is 26.6 Å². The number of rotatable bonds is 2. The van der Waals surface area contributed by atoms with Crippen LogP contribution in [0.5, 0.6) is 0 Å². The van der Waals surface area contributed by atoms with E-state index in [1.54, 1.807) is 0 Å². The number of fused-ring (bicyclic) bond motifs is 1. The van der Waals surface area contributed by atoms with Gasteiger partial charge >= 0.3 is 5.63 Å². The summed E-state index contributed by atoms with van der Waals surface area (Å²) in [5, 5.41) is 1.000. The second-order valence-corrected chi connectivity index (χ2v) is 3.49. The van der Waals surface area contributed by atoms with Gasteiger partial charge in [0.15, 0.2) is 22.7 Å². The molecule has 0 unspecified atom stereocenters. The van der Waals surface area contributed by atoms with Crippen LogP contribution in [0.25, 0.3) is 10.9 Å². The third-order valence-electron chi connectivity index (χ3n) is 1.80. The Morgan fingerprint density at radius 2 is 2.33 bits per heavy atom. The first-order chi connectivity index (χ1) is 7.24. The summed E-state index contributed by atoms with van der Waals surface area (Å²) in [6, 6.07) is 1.44. The Morgan fingerprint density at radius 3 is 3.00 bits per heavy atom. The molecule has 0 aromatic carbocycles. The number of thioether (sulfide) groups is 1. The van der Waals surface area contributed by atoms with Crippen molar-refractivity contribution in [2.75, 3.05) is 6.26 Å². The largest absolute Gasteiger partial charge is 0.418 e. The van der Waals surface area contributed by atoms with Gasteiger partial charge in [-0.2, -0.15) is 0 Å². The summed E-state index contributed by atoms with van der Waals surface area (Å²) in [7, 11) is 0. The highest BCUT2D eigenvalue weighted by atomic mass is 32.2. The molecule has 2 aromatic rings. The van der Waals surface area contributed by atoms with Crippen molar-refractivity contribution in [1.29, 1.82) is 0 Å². The number of hydrogen-bond donors (Lipinski definition) is 0. The summed E-state index contributed by atoms with van der Waals surface area (Å²) in [4.78, 5) is 29.8. The molecule has 0 radical (unpaired) electrons. The van der Waals surface area contributed by atoms with Gasteiger partial charge in [-0.05, 0) is 12.3 Å². The van der Waals surface area contributed by atoms with Gasteiger partial charge in [0.2, 0.25) is 0 Å². The zero-order valence-electron chi connectivity index (χ0n) is 7.76. The number of carbonyl (C=O) groups excluding carboxylic acids is 1. The molecule has 76 valence electrons. The van der Waals surface area contributed by atoms with E-state index >= 15 is 0 Å². The Labute approximate surface area is 88.5 Å². The van der Waals surface area contributed by atoms with Gasteiger partial charge in [-0.15, -0.1) is 0 Å². The van der Waals surface area contributed by atoms with E-state index in [-0.39, 0.29) is 11.3 Å². The van der Waals surface area contributed by atoms with E-state index in [1.165, 1.54) is 24.0 Å².